The SMILES string of the molecule is COC(=O)c1ccc2ccnc(N3CCN(CCO)CC3)c2c1. The van der Waals surface area contributed by atoms with Crippen LogP contribution in [0.4, 0.5) is 5.82 Å². The van der Waals surface area contributed by atoms with Gasteiger partial charge < -0.3 is 14.7 Å². The number of nitrogens with zero attached hydrogens (tertiary/aromatic N) is 3. The second-order valence-electron chi connectivity index (χ2n) is 5.61. The molecule has 0 spiro atoms. The fraction of sp³-hybridized carbons (Fsp3) is 0.412. The molecule has 1 saturated heterocycles. The van der Waals surface area contributed by atoms with Crippen LogP contribution in [0.2, 0.25) is 0 Å². The van der Waals surface area contributed by atoms with Crippen LogP contribution < -0.4 is 4.90 Å². The molecule has 6 heteroatoms. The third-order valence-electron chi connectivity index (χ3n) is 4.25. The van der Waals surface area contributed by atoms with Gasteiger partial charge in [0, 0.05) is 44.3 Å². The minimum Gasteiger partial charge on any atom is -0.465 e. The molecule has 6 nitrogen and oxygen atoms in total. The molecule has 0 aliphatic carbocycles. The molecule has 2 heterocycles. The van der Waals surface area contributed by atoms with Crippen molar-refractivity contribution in [3.05, 3.63) is 36.0 Å². The third-order valence-corrected chi connectivity index (χ3v) is 4.25. The molecule has 1 N–H and O–H groups in total. The number of carbonyl (C=O) groups is 1. The number of hydrogen-bond acceptors (Lipinski definition) is 6. The van der Waals surface area contributed by atoms with E-state index in [4.69, 9.17) is 9.84 Å². The predicted molar refractivity (Wildman–Crippen MR) is 88.8 cm³/mol. The molecule has 1 aromatic carbocycles. The molecule has 0 radical (unpaired) electrons. The Morgan fingerprint density at radius 3 is 2.74 bits per heavy atom. The van der Waals surface area contributed by atoms with E-state index in [0.29, 0.717) is 12.1 Å². The van der Waals surface area contributed by atoms with Crippen molar-refractivity contribution in [1.29, 1.82) is 0 Å². The van der Waals surface area contributed by atoms with Gasteiger partial charge in [-0.1, -0.05) is 6.07 Å². The van der Waals surface area contributed by atoms with E-state index in [2.05, 4.69) is 14.8 Å². The van der Waals surface area contributed by atoms with Crippen LogP contribution in [0, 0.1) is 0 Å². The van der Waals surface area contributed by atoms with Gasteiger partial charge in [-0.2, -0.15) is 0 Å². The van der Waals surface area contributed by atoms with Crippen LogP contribution in [-0.4, -0.2) is 67.4 Å². The molecular weight excluding hydrogens is 294 g/mol. The van der Waals surface area contributed by atoms with Crippen molar-refractivity contribution in [2.24, 2.45) is 0 Å². The summed E-state index contributed by atoms with van der Waals surface area (Å²) < 4.78 is 4.81. The summed E-state index contributed by atoms with van der Waals surface area (Å²) in [6.07, 6.45) is 1.80. The smallest absolute Gasteiger partial charge is 0.337 e. The topological polar surface area (TPSA) is 65.9 Å². The van der Waals surface area contributed by atoms with Crippen molar-refractivity contribution in [2.45, 2.75) is 0 Å². The molecule has 2 aromatic rings. The largest absolute Gasteiger partial charge is 0.465 e. The van der Waals surface area contributed by atoms with Gasteiger partial charge in [0.2, 0.25) is 0 Å². The van der Waals surface area contributed by atoms with Crippen LogP contribution in [-0.2, 0) is 4.74 Å². The number of hydrogen-bond donors (Lipinski definition) is 1. The Balaban J connectivity index is 1.90. The van der Waals surface area contributed by atoms with E-state index < -0.39 is 0 Å². The fourth-order valence-electron chi connectivity index (χ4n) is 2.97. The Morgan fingerprint density at radius 1 is 1.26 bits per heavy atom. The number of benzene rings is 1. The molecule has 3 rings (SSSR count). The average Bonchev–Trinajstić information content (AvgIpc) is 2.61. The van der Waals surface area contributed by atoms with E-state index in [1.165, 1.54) is 7.11 Å². The zero-order chi connectivity index (χ0) is 16.2. The summed E-state index contributed by atoms with van der Waals surface area (Å²) in [7, 11) is 1.39. The normalized spacial score (nSPS) is 15.8. The number of methoxy groups -OCH3 is 1. The second kappa shape index (κ2) is 6.93. The molecule has 0 atom stereocenters. The maximum Gasteiger partial charge on any atom is 0.337 e. The molecule has 1 aliphatic rings. The van der Waals surface area contributed by atoms with E-state index >= 15 is 0 Å². The van der Waals surface area contributed by atoms with Crippen molar-refractivity contribution < 1.29 is 14.6 Å². The van der Waals surface area contributed by atoms with E-state index in [1.54, 1.807) is 12.3 Å². The first kappa shape index (κ1) is 15.7. The monoisotopic (exact) mass is 315 g/mol. The zero-order valence-electron chi connectivity index (χ0n) is 13.2. The number of aliphatic hydroxyl groups excluding tert-OH is 1. The summed E-state index contributed by atoms with van der Waals surface area (Å²) >= 11 is 0. The molecule has 0 amide bonds. The first-order valence-corrected chi connectivity index (χ1v) is 7.78. The number of rotatable bonds is 4. The number of ether oxygens (including phenoxy) is 1. The van der Waals surface area contributed by atoms with E-state index in [1.807, 2.05) is 18.2 Å². The Hall–Kier alpha value is -2.18. The quantitative estimate of drug-likeness (QED) is 0.854. The lowest BCUT2D eigenvalue weighted by Crippen LogP contribution is -2.47. The fourth-order valence-corrected chi connectivity index (χ4v) is 2.97. The Labute approximate surface area is 135 Å². The van der Waals surface area contributed by atoms with Gasteiger partial charge in [-0.25, -0.2) is 9.78 Å². The Bertz CT molecular complexity index is 697. The molecule has 1 aromatic heterocycles. The van der Waals surface area contributed by atoms with Crippen molar-refractivity contribution in [1.82, 2.24) is 9.88 Å². The molecule has 1 aliphatic heterocycles. The number of pyridine rings is 1. The van der Waals surface area contributed by atoms with Crippen molar-refractivity contribution in [3.63, 3.8) is 0 Å². The number of piperazine rings is 1. The molecular formula is C17H21N3O3. The number of β-amino-alcohol motifs (C(OH)–C–C–N with tert-alkyl or cyclic N) is 1. The second-order valence-corrected chi connectivity index (χ2v) is 5.61. The van der Waals surface area contributed by atoms with Gasteiger partial charge in [0.15, 0.2) is 0 Å². The predicted octanol–water partition coefficient (Wildman–Crippen LogP) is 1.14. The number of carbonyl (C=O) groups excluding carboxylic acids is 1. The minimum atomic E-state index is -0.338. The van der Waals surface area contributed by atoms with Crippen LogP contribution in [0.15, 0.2) is 30.5 Å². The third kappa shape index (κ3) is 3.28. The minimum absolute atomic E-state index is 0.189. The highest BCUT2D eigenvalue weighted by atomic mass is 16.5. The van der Waals surface area contributed by atoms with Crippen LogP contribution in [0.1, 0.15) is 10.4 Å². The number of aliphatic hydroxyl groups is 1. The number of esters is 1. The highest BCUT2D eigenvalue weighted by Crippen LogP contribution is 2.26. The van der Waals surface area contributed by atoms with Gasteiger partial charge in [0.05, 0.1) is 19.3 Å². The number of aromatic nitrogens is 1. The van der Waals surface area contributed by atoms with Crippen molar-refractivity contribution in [2.75, 3.05) is 51.3 Å². The highest BCUT2D eigenvalue weighted by molar-refractivity contribution is 5.99. The molecule has 1 fully saturated rings. The molecule has 122 valence electrons. The summed E-state index contributed by atoms with van der Waals surface area (Å²) in [4.78, 5) is 20.8. The molecule has 23 heavy (non-hydrogen) atoms. The van der Waals surface area contributed by atoms with Crippen LogP contribution >= 0.6 is 0 Å². The van der Waals surface area contributed by atoms with E-state index in [-0.39, 0.29) is 12.6 Å². The summed E-state index contributed by atoms with van der Waals surface area (Å²) in [5, 5.41) is 11.1. The summed E-state index contributed by atoms with van der Waals surface area (Å²) in [5.74, 6) is 0.561. The summed E-state index contributed by atoms with van der Waals surface area (Å²) in [6.45, 7) is 4.41. The Morgan fingerprint density at radius 2 is 2.04 bits per heavy atom. The Kier molecular flexibility index (Phi) is 4.73. The highest BCUT2D eigenvalue weighted by Gasteiger charge is 2.19. The molecule has 0 unspecified atom stereocenters. The van der Waals surface area contributed by atoms with Crippen LogP contribution in [0.3, 0.4) is 0 Å². The lowest BCUT2D eigenvalue weighted by molar-refractivity contribution is 0.0601. The van der Waals surface area contributed by atoms with Gasteiger partial charge in [0.1, 0.15) is 5.82 Å². The standard InChI is InChI=1S/C17H21N3O3/c1-23-17(22)14-3-2-13-4-5-18-16(15(13)12-14)20-8-6-19(7-9-20)10-11-21/h2-5,12,21H,6-11H2,1H3. The maximum absolute atomic E-state index is 11.8. The lowest BCUT2D eigenvalue weighted by Gasteiger charge is -2.35. The molecule has 0 bridgehead atoms. The van der Waals surface area contributed by atoms with Gasteiger partial charge in [-0.3, -0.25) is 4.90 Å². The maximum atomic E-state index is 11.8. The van der Waals surface area contributed by atoms with Crippen LogP contribution in [0.5, 0.6) is 0 Å². The average molecular weight is 315 g/mol. The van der Waals surface area contributed by atoms with Gasteiger partial charge in [0.25, 0.3) is 0 Å². The van der Waals surface area contributed by atoms with Gasteiger partial charge >= 0.3 is 5.97 Å². The lowest BCUT2D eigenvalue weighted by atomic mass is 10.1. The van der Waals surface area contributed by atoms with Crippen LogP contribution in [0.25, 0.3) is 10.8 Å². The summed E-state index contributed by atoms with van der Waals surface area (Å²) in [6, 6.07) is 7.50. The van der Waals surface area contributed by atoms with E-state index in [9.17, 15) is 4.79 Å². The summed E-state index contributed by atoms with van der Waals surface area (Å²) in [5.41, 5.74) is 0.535. The van der Waals surface area contributed by atoms with E-state index in [0.717, 1.165) is 42.8 Å². The van der Waals surface area contributed by atoms with Crippen molar-refractivity contribution in [3.8, 4) is 0 Å². The van der Waals surface area contributed by atoms with Gasteiger partial charge in [-0.15, -0.1) is 0 Å². The molecule has 0 saturated carbocycles. The first-order chi connectivity index (χ1) is 11.2. The number of anilines is 1. The van der Waals surface area contributed by atoms with Gasteiger partial charge in [-0.05, 0) is 23.6 Å². The number of fused-ring (bicyclic) bond motifs is 1. The van der Waals surface area contributed by atoms with Crippen molar-refractivity contribution >= 4 is 22.6 Å². The zero-order valence-corrected chi connectivity index (χ0v) is 13.2. The first-order valence-electron chi connectivity index (χ1n) is 7.78.